The topological polar surface area (TPSA) is 45.8 Å². The van der Waals surface area contributed by atoms with Crippen LogP contribution in [0.2, 0.25) is 0 Å². The molecular formula is C15H20N2OS. The molecule has 1 N–H and O–H groups in total. The van der Waals surface area contributed by atoms with Crippen LogP contribution < -0.4 is 5.56 Å². The van der Waals surface area contributed by atoms with E-state index < -0.39 is 0 Å². The number of H-pyrrole nitrogens is 1. The summed E-state index contributed by atoms with van der Waals surface area (Å²) >= 11 is 1.72. The summed E-state index contributed by atoms with van der Waals surface area (Å²) in [5, 5.41) is 0.847. The van der Waals surface area contributed by atoms with Gasteiger partial charge in [0.05, 0.1) is 5.39 Å². The molecule has 19 heavy (non-hydrogen) atoms. The lowest BCUT2D eigenvalue weighted by Crippen LogP contribution is -2.22. The number of nitrogens with one attached hydrogen (secondary N) is 1. The minimum Gasteiger partial charge on any atom is -0.309 e. The van der Waals surface area contributed by atoms with Gasteiger partial charge in [-0.1, -0.05) is 27.7 Å². The molecule has 3 nitrogen and oxygen atoms in total. The van der Waals surface area contributed by atoms with E-state index in [9.17, 15) is 4.79 Å². The Labute approximate surface area is 117 Å². The predicted molar refractivity (Wildman–Crippen MR) is 80.1 cm³/mol. The molecule has 1 atom stereocenters. The van der Waals surface area contributed by atoms with Gasteiger partial charge in [-0.3, -0.25) is 4.79 Å². The number of rotatable bonds is 0. The molecule has 0 aromatic carbocycles. The molecule has 0 amide bonds. The van der Waals surface area contributed by atoms with Crippen LogP contribution in [0.5, 0.6) is 0 Å². The highest BCUT2D eigenvalue weighted by Crippen LogP contribution is 2.36. The Kier molecular flexibility index (Phi) is 2.82. The third-order valence-electron chi connectivity index (χ3n) is 3.87. The minimum absolute atomic E-state index is 0.0431. The summed E-state index contributed by atoms with van der Waals surface area (Å²) in [4.78, 5) is 22.4. The number of fused-ring (bicyclic) bond motifs is 3. The van der Waals surface area contributed by atoms with Gasteiger partial charge in [-0.25, -0.2) is 4.98 Å². The van der Waals surface area contributed by atoms with Crippen molar-refractivity contribution in [1.29, 1.82) is 0 Å². The summed E-state index contributed by atoms with van der Waals surface area (Å²) in [6, 6.07) is 0. The lowest BCUT2D eigenvalue weighted by Gasteiger charge is -2.18. The van der Waals surface area contributed by atoms with E-state index >= 15 is 0 Å². The number of hydrogen-bond donors (Lipinski definition) is 1. The number of aromatic amines is 1. The summed E-state index contributed by atoms with van der Waals surface area (Å²) in [5.74, 6) is 1.46. The van der Waals surface area contributed by atoms with Gasteiger partial charge in [-0.15, -0.1) is 11.3 Å². The van der Waals surface area contributed by atoms with E-state index in [0.29, 0.717) is 5.92 Å². The monoisotopic (exact) mass is 276 g/mol. The van der Waals surface area contributed by atoms with Crippen LogP contribution in [0.3, 0.4) is 0 Å². The van der Waals surface area contributed by atoms with E-state index in [1.165, 1.54) is 16.9 Å². The van der Waals surface area contributed by atoms with Gasteiger partial charge in [0.1, 0.15) is 10.7 Å². The molecule has 0 bridgehead atoms. The molecule has 4 heteroatoms. The second-order valence-electron chi connectivity index (χ2n) is 6.70. The molecule has 0 spiro atoms. The molecule has 1 aliphatic carbocycles. The summed E-state index contributed by atoms with van der Waals surface area (Å²) in [5.41, 5.74) is 1.18. The van der Waals surface area contributed by atoms with Crippen LogP contribution in [0.15, 0.2) is 4.79 Å². The van der Waals surface area contributed by atoms with Crippen LogP contribution in [0.4, 0.5) is 0 Å². The lowest BCUT2D eigenvalue weighted by molar-refractivity contribution is 0.508. The van der Waals surface area contributed by atoms with Gasteiger partial charge >= 0.3 is 0 Å². The first-order valence-electron chi connectivity index (χ1n) is 6.91. The van der Waals surface area contributed by atoms with Crippen molar-refractivity contribution < 1.29 is 0 Å². The Hall–Kier alpha value is -1.16. The molecule has 0 radical (unpaired) electrons. The normalized spacial score (nSPS) is 19.7. The zero-order chi connectivity index (χ0) is 13.8. The van der Waals surface area contributed by atoms with Gasteiger partial charge in [-0.05, 0) is 30.7 Å². The molecule has 0 fully saturated rings. The van der Waals surface area contributed by atoms with Crippen molar-refractivity contribution in [3.8, 4) is 0 Å². The van der Waals surface area contributed by atoms with Crippen molar-refractivity contribution >= 4 is 21.6 Å². The fourth-order valence-corrected chi connectivity index (χ4v) is 3.93. The van der Waals surface area contributed by atoms with Crippen LogP contribution in [0.25, 0.3) is 10.2 Å². The van der Waals surface area contributed by atoms with Gasteiger partial charge in [0, 0.05) is 10.3 Å². The first kappa shape index (κ1) is 12.9. The van der Waals surface area contributed by atoms with Crippen LogP contribution in [-0.4, -0.2) is 9.97 Å². The van der Waals surface area contributed by atoms with E-state index in [2.05, 4.69) is 32.7 Å². The number of hydrogen-bond acceptors (Lipinski definition) is 3. The largest absolute Gasteiger partial charge is 0.309 e. The smallest absolute Gasteiger partial charge is 0.259 e. The first-order valence-corrected chi connectivity index (χ1v) is 7.73. The Morgan fingerprint density at radius 1 is 1.37 bits per heavy atom. The third kappa shape index (κ3) is 2.12. The Bertz CT molecular complexity index is 690. The maximum Gasteiger partial charge on any atom is 0.259 e. The summed E-state index contributed by atoms with van der Waals surface area (Å²) in [7, 11) is 0. The molecule has 0 saturated carbocycles. The average Bonchev–Trinajstić information content (AvgIpc) is 2.65. The van der Waals surface area contributed by atoms with Gasteiger partial charge in [-0.2, -0.15) is 0 Å². The van der Waals surface area contributed by atoms with E-state index in [1.807, 2.05) is 0 Å². The predicted octanol–water partition coefficient (Wildman–Crippen LogP) is 3.41. The Balaban J connectivity index is 2.27. The molecule has 1 aliphatic rings. The zero-order valence-electron chi connectivity index (χ0n) is 12.0. The highest BCUT2D eigenvalue weighted by molar-refractivity contribution is 7.18. The Morgan fingerprint density at radius 2 is 2.11 bits per heavy atom. The molecule has 0 aliphatic heterocycles. The average molecular weight is 276 g/mol. The third-order valence-corrected chi connectivity index (χ3v) is 5.06. The van der Waals surface area contributed by atoms with E-state index in [1.54, 1.807) is 11.3 Å². The van der Waals surface area contributed by atoms with Crippen molar-refractivity contribution in [1.82, 2.24) is 9.97 Å². The molecule has 3 rings (SSSR count). The zero-order valence-corrected chi connectivity index (χ0v) is 12.8. The number of nitrogens with zero attached hydrogens (tertiary/aromatic N) is 1. The van der Waals surface area contributed by atoms with Crippen molar-refractivity contribution in [2.75, 3.05) is 0 Å². The highest BCUT2D eigenvalue weighted by Gasteiger charge is 2.25. The number of aryl methyl sites for hydroxylation is 1. The summed E-state index contributed by atoms with van der Waals surface area (Å²) < 4.78 is 0. The van der Waals surface area contributed by atoms with Crippen molar-refractivity contribution in [3.05, 3.63) is 26.6 Å². The van der Waals surface area contributed by atoms with E-state index in [4.69, 9.17) is 4.98 Å². The van der Waals surface area contributed by atoms with Gasteiger partial charge in [0.25, 0.3) is 5.56 Å². The SMILES string of the molecule is C[C@H]1CCc2sc3nc(C(C)(C)C)[nH]c(=O)c3c2C1. The van der Waals surface area contributed by atoms with Crippen LogP contribution in [0.1, 0.15) is 50.4 Å². The summed E-state index contributed by atoms with van der Waals surface area (Å²) in [6.07, 6.45) is 3.35. The van der Waals surface area contributed by atoms with Crippen LogP contribution in [-0.2, 0) is 18.3 Å². The van der Waals surface area contributed by atoms with Crippen molar-refractivity contribution in [2.24, 2.45) is 5.92 Å². The second-order valence-corrected chi connectivity index (χ2v) is 7.78. The second kappa shape index (κ2) is 4.17. The van der Waals surface area contributed by atoms with Crippen LogP contribution >= 0.6 is 11.3 Å². The maximum atomic E-state index is 12.4. The Morgan fingerprint density at radius 3 is 2.79 bits per heavy atom. The van der Waals surface area contributed by atoms with Crippen LogP contribution in [0, 0.1) is 5.92 Å². The number of aromatic nitrogens is 2. The maximum absolute atomic E-state index is 12.4. The van der Waals surface area contributed by atoms with E-state index in [-0.39, 0.29) is 11.0 Å². The van der Waals surface area contributed by atoms with Gasteiger partial charge < -0.3 is 4.98 Å². The molecule has 2 heterocycles. The minimum atomic E-state index is -0.120. The highest BCUT2D eigenvalue weighted by atomic mass is 32.1. The van der Waals surface area contributed by atoms with Crippen molar-refractivity contribution in [3.63, 3.8) is 0 Å². The molecule has 0 unspecified atom stereocenters. The molecule has 2 aromatic rings. The fourth-order valence-electron chi connectivity index (χ4n) is 2.71. The lowest BCUT2D eigenvalue weighted by atomic mass is 9.89. The first-order chi connectivity index (χ1) is 8.86. The van der Waals surface area contributed by atoms with Crippen molar-refractivity contribution in [2.45, 2.75) is 52.4 Å². The standard InChI is InChI=1S/C15H20N2OS/c1-8-5-6-10-9(7-8)11-12(18)16-14(15(2,3)4)17-13(11)19-10/h8H,5-7H2,1-4H3,(H,16,17,18)/t8-/m0/s1. The molecular weight excluding hydrogens is 256 g/mol. The van der Waals surface area contributed by atoms with Gasteiger partial charge in [0.2, 0.25) is 0 Å². The summed E-state index contributed by atoms with van der Waals surface area (Å²) in [6.45, 7) is 8.49. The fraction of sp³-hybridized carbons (Fsp3) is 0.600. The number of thiophene rings is 1. The quantitative estimate of drug-likeness (QED) is 0.801. The molecule has 2 aromatic heterocycles. The molecule has 0 saturated heterocycles. The van der Waals surface area contributed by atoms with E-state index in [0.717, 1.165) is 28.9 Å². The van der Waals surface area contributed by atoms with Gasteiger partial charge in [0.15, 0.2) is 0 Å². The molecule has 102 valence electrons.